The fraction of sp³-hybridized carbons (Fsp3) is 0.294. The lowest BCUT2D eigenvalue weighted by Crippen LogP contribution is -2.34. The molecular weight excluding hydrogens is 305 g/mol. The molecule has 21 heavy (non-hydrogen) atoms. The minimum atomic E-state index is 0.458. The van der Waals surface area contributed by atoms with E-state index in [1.54, 1.807) is 13.2 Å². The van der Waals surface area contributed by atoms with Crippen LogP contribution in [0.1, 0.15) is 24.3 Å². The second-order valence-electron chi connectivity index (χ2n) is 5.41. The Morgan fingerprint density at radius 3 is 2.62 bits per heavy atom. The standard InChI is InChI=1S/C17H17Cl2NO/c1-21-15-4-2-3-11(9-15)12-7-14(8-12)20-17-6-5-13(18)10-16(17)19/h2-6,9-10,12,14,20H,7-8H2,1H3. The summed E-state index contributed by atoms with van der Waals surface area (Å²) in [6, 6.07) is 14.3. The van der Waals surface area contributed by atoms with Crippen molar-refractivity contribution >= 4 is 28.9 Å². The van der Waals surface area contributed by atoms with E-state index in [0.717, 1.165) is 24.3 Å². The molecule has 0 aliphatic heterocycles. The van der Waals surface area contributed by atoms with Gasteiger partial charge >= 0.3 is 0 Å². The van der Waals surface area contributed by atoms with Crippen molar-refractivity contribution in [3.05, 3.63) is 58.1 Å². The van der Waals surface area contributed by atoms with Crippen LogP contribution in [0.3, 0.4) is 0 Å². The van der Waals surface area contributed by atoms with Gasteiger partial charge in [0.05, 0.1) is 17.8 Å². The van der Waals surface area contributed by atoms with E-state index < -0.39 is 0 Å². The lowest BCUT2D eigenvalue weighted by molar-refractivity contribution is 0.370. The van der Waals surface area contributed by atoms with E-state index in [1.807, 2.05) is 24.3 Å². The van der Waals surface area contributed by atoms with Crippen LogP contribution in [0.25, 0.3) is 0 Å². The molecule has 0 atom stereocenters. The van der Waals surface area contributed by atoms with E-state index in [1.165, 1.54) is 5.56 Å². The Hall–Kier alpha value is -1.38. The predicted molar refractivity (Wildman–Crippen MR) is 88.8 cm³/mol. The van der Waals surface area contributed by atoms with E-state index in [2.05, 4.69) is 17.4 Å². The molecule has 1 aliphatic rings. The van der Waals surface area contributed by atoms with Crippen LogP contribution in [0.2, 0.25) is 10.0 Å². The first-order chi connectivity index (χ1) is 10.2. The molecule has 0 bridgehead atoms. The molecule has 0 saturated heterocycles. The lowest BCUT2D eigenvalue weighted by atomic mass is 9.76. The summed E-state index contributed by atoms with van der Waals surface area (Å²) < 4.78 is 5.28. The number of benzene rings is 2. The molecule has 0 spiro atoms. The maximum absolute atomic E-state index is 6.18. The molecule has 3 rings (SSSR count). The third kappa shape index (κ3) is 3.28. The third-order valence-corrected chi connectivity index (χ3v) is 4.54. The highest BCUT2D eigenvalue weighted by Gasteiger charge is 2.30. The Bertz CT molecular complexity index is 638. The summed E-state index contributed by atoms with van der Waals surface area (Å²) in [6.45, 7) is 0. The molecule has 110 valence electrons. The highest BCUT2D eigenvalue weighted by molar-refractivity contribution is 6.36. The van der Waals surface area contributed by atoms with E-state index in [0.29, 0.717) is 22.0 Å². The molecule has 2 nitrogen and oxygen atoms in total. The molecule has 0 aromatic heterocycles. The van der Waals surface area contributed by atoms with Gasteiger partial charge in [0.25, 0.3) is 0 Å². The zero-order valence-electron chi connectivity index (χ0n) is 11.8. The van der Waals surface area contributed by atoms with Gasteiger partial charge in [-0.25, -0.2) is 0 Å². The van der Waals surface area contributed by atoms with Crippen LogP contribution in [-0.2, 0) is 0 Å². The van der Waals surface area contributed by atoms with Gasteiger partial charge in [-0.2, -0.15) is 0 Å². The molecular formula is C17H17Cl2NO. The van der Waals surface area contributed by atoms with Crippen LogP contribution in [0.15, 0.2) is 42.5 Å². The van der Waals surface area contributed by atoms with E-state index >= 15 is 0 Å². The van der Waals surface area contributed by atoms with Crippen LogP contribution < -0.4 is 10.1 Å². The number of nitrogens with one attached hydrogen (secondary N) is 1. The molecule has 0 heterocycles. The van der Waals surface area contributed by atoms with Gasteiger partial charge in [-0.3, -0.25) is 0 Å². The Balaban J connectivity index is 1.60. The van der Waals surface area contributed by atoms with Gasteiger partial charge in [0.1, 0.15) is 5.75 Å². The first kappa shape index (κ1) is 14.6. The minimum Gasteiger partial charge on any atom is -0.497 e. The Morgan fingerprint density at radius 2 is 1.90 bits per heavy atom. The molecule has 0 amide bonds. The fourth-order valence-corrected chi connectivity index (χ4v) is 3.19. The second-order valence-corrected chi connectivity index (χ2v) is 6.25. The molecule has 1 saturated carbocycles. The van der Waals surface area contributed by atoms with Gasteiger partial charge < -0.3 is 10.1 Å². The Labute approximate surface area is 135 Å². The molecule has 2 aromatic rings. The summed E-state index contributed by atoms with van der Waals surface area (Å²) in [5.41, 5.74) is 2.30. The van der Waals surface area contributed by atoms with Crippen LogP contribution >= 0.6 is 23.2 Å². The molecule has 1 aliphatic carbocycles. The minimum absolute atomic E-state index is 0.458. The number of hydrogen-bond acceptors (Lipinski definition) is 2. The van der Waals surface area contributed by atoms with Crippen LogP contribution in [0.4, 0.5) is 5.69 Å². The van der Waals surface area contributed by atoms with Crippen molar-refractivity contribution in [2.75, 3.05) is 12.4 Å². The summed E-state index contributed by atoms with van der Waals surface area (Å²) >= 11 is 12.1. The van der Waals surface area contributed by atoms with Gasteiger partial charge in [0.2, 0.25) is 0 Å². The monoisotopic (exact) mass is 321 g/mol. The molecule has 0 unspecified atom stereocenters. The molecule has 0 radical (unpaired) electrons. The first-order valence-electron chi connectivity index (χ1n) is 7.01. The number of rotatable bonds is 4. The van der Waals surface area contributed by atoms with Crippen molar-refractivity contribution in [2.45, 2.75) is 24.8 Å². The zero-order chi connectivity index (χ0) is 14.8. The van der Waals surface area contributed by atoms with Crippen molar-refractivity contribution in [3.8, 4) is 5.75 Å². The third-order valence-electron chi connectivity index (χ3n) is 3.99. The van der Waals surface area contributed by atoms with Crippen molar-refractivity contribution in [1.29, 1.82) is 0 Å². The fourth-order valence-electron chi connectivity index (χ4n) is 2.73. The van der Waals surface area contributed by atoms with Crippen LogP contribution in [-0.4, -0.2) is 13.2 Å². The zero-order valence-corrected chi connectivity index (χ0v) is 13.3. The van der Waals surface area contributed by atoms with Crippen LogP contribution in [0, 0.1) is 0 Å². The average molecular weight is 322 g/mol. The highest BCUT2D eigenvalue weighted by Crippen LogP contribution is 2.40. The van der Waals surface area contributed by atoms with Crippen LogP contribution in [0.5, 0.6) is 5.75 Å². The van der Waals surface area contributed by atoms with Crippen molar-refractivity contribution in [2.24, 2.45) is 0 Å². The first-order valence-corrected chi connectivity index (χ1v) is 7.77. The quantitative estimate of drug-likeness (QED) is 0.818. The molecule has 2 aromatic carbocycles. The largest absolute Gasteiger partial charge is 0.497 e. The lowest BCUT2D eigenvalue weighted by Gasteiger charge is -2.37. The molecule has 4 heteroatoms. The number of halogens is 2. The van der Waals surface area contributed by atoms with Gasteiger partial charge in [0, 0.05) is 11.1 Å². The SMILES string of the molecule is COc1cccc(C2CC(Nc3ccc(Cl)cc3Cl)C2)c1. The summed E-state index contributed by atoms with van der Waals surface area (Å²) in [5.74, 6) is 1.51. The number of ether oxygens (including phenoxy) is 1. The van der Waals surface area contributed by atoms with Gasteiger partial charge in [0.15, 0.2) is 0 Å². The van der Waals surface area contributed by atoms with E-state index in [9.17, 15) is 0 Å². The summed E-state index contributed by atoms with van der Waals surface area (Å²) in [6.07, 6.45) is 2.21. The average Bonchev–Trinajstić information content (AvgIpc) is 2.44. The maximum Gasteiger partial charge on any atom is 0.119 e. The van der Waals surface area contributed by atoms with Gasteiger partial charge in [-0.15, -0.1) is 0 Å². The number of methoxy groups -OCH3 is 1. The van der Waals surface area contributed by atoms with E-state index in [-0.39, 0.29) is 0 Å². The summed E-state index contributed by atoms with van der Waals surface area (Å²) in [7, 11) is 1.70. The van der Waals surface area contributed by atoms with Crippen molar-refractivity contribution in [1.82, 2.24) is 0 Å². The topological polar surface area (TPSA) is 21.3 Å². The second kappa shape index (κ2) is 6.17. The smallest absolute Gasteiger partial charge is 0.119 e. The van der Waals surface area contributed by atoms with Crippen molar-refractivity contribution < 1.29 is 4.74 Å². The van der Waals surface area contributed by atoms with Crippen molar-refractivity contribution in [3.63, 3.8) is 0 Å². The highest BCUT2D eigenvalue weighted by atomic mass is 35.5. The Kier molecular flexibility index (Phi) is 4.27. The maximum atomic E-state index is 6.18. The normalized spacial score (nSPS) is 20.7. The van der Waals surface area contributed by atoms with E-state index in [4.69, 9.17) is 27.9 Å². The number of anilines is 1. The van der Waals surface area contributed by atoms with Gasteiger partial charge in [-0.05, 0) is 54.7 Å². The summed E-state index contributed by atoms with van der Waals surface area (Å²) in [4.78, 5) is 0. The molecule has 1 N–H and O–H groups in total. The number of hydrogen-bond donors (Lipinski definition) is 1. The summed E-state index contributed by atoms with van der Waals surface area (Å²) in [5, 5.41) is 4.81. The van der Waals surface area contributed by atoms with Gasteiger partial charge in [-0.1, -0.05) is 35.3 Å². The molecule has 1 fully saturated rings. The Morgan fingerprint density at radius 1 is 1.10 bits per heavy atom. The predicted octanol–water partition coefficient (Wildman–Crippen LogP) is 5.36.